The van der Waals surface area contributed by atoms with Gasteiger partial charge in [-0.15, -0.1) is 0 Å². The van der Waals surface area contributed by atoms with Gasteiger partial charge >= 0.3 is 50.6 Å². The lowest BCUT2D eigenvalue weighted by atomic mass is 9.96. The average molecular weight is 827 g/mol. The molecule has 0 aromatic carbocycles. The van der Waals surface area contributed by atoms with Crippen LogP contribution in [-0.4, -0.2) is 153 Å². The van der Waals surface area contributed by atoms with E-state index >= 15 is 0 Å². The van der Waals surface area contributed by atoms with Gasteiger partial charge in [0.1, 0.15) is 31.5 Å². The zero-order valence-corrected chi connectivity index (χ0v) is 34.3. The molecule has 0 amide bonds. The second kappa shape index (κ2) is 23.5. The predicted molar refractivity (Wildman–Crippen MR) is 185 cm³/mol. The van der Waals surface area contributed by atoms with Crippen LogP contribution in [0, 0.1) is 0 Å². The number of unbranched alkanes of at least 4 members (excludes halogenated alkanes) is 2. The molecule has 0 unspecified atom stereocenters. The minimum Gasteiger partial charge on any atom is -0.463 e. The van der Waals surface area contributed by atoms with Crippen LogP contribution in [0.4, 0.5) is 0 Å². The van der Waals surface area contributed by atoms with Gasteiger partial charge in [0.15, 0.2) is 43.1 Å². The highest BCUT2D eigenvalue weighted by molar-refractivity contribution is 6.60. The summed E-state index contributed by atoms with van der Waals surface area (Å²) in [7, 11) is 1.73. The average Bonchev–Trinajstić information content (AvgIpc) is 3.10. The summed E-state index contributed by atoms with van der Waals surface area (Å²) in [6, 6.07) is 0.531. The van der Waals surface area contributed by atoms with Crippen LogP contribution >= 0.6 is 0 Å². The van der Waals surface area contributed by atoms with Gasteiger partial charge in [-0.2, -0.15) is 0 Å². The maximum Gasteiger partial charge on any atom is 0.500 e. The molecule has 0 radical (unpaired) electrons. The van der Waals surface area contributed by atoms with Crippen molar-refractivity contribution in [3.05, 3.63) is 0 Å². The van der Waals surface area contributed by atoms with Crippen LogP contribution in [0.3, 0.4) is 0 Å². The summed E-state index contributed by atoms with van der Waals surface area (Å²) in [5.41, 5.74) is 0. The van der Waals surface area contributed by atoms with E-state index in [1.165, 1.54) is 21.3 Å². The Balaban J connectivity index is 2.58. The smallest absolute Gasteiger partial charge is 0.463 e. The second-order valence-electron chi connectivity index (χ2n) is 12.6. The zero-order chi connectivity index (χ0) is 42.2. The molecule has 2 aliphatic heterocycles. The van der Waals surface area contributed by atoms with Crippen LogP contribution < -0.4 is 0 Å². The molecule has 0 aromatic heterocycles. The summed E-state index contributed by atoms with van der Waals surface area (Å²) >= 11 is 0. The summed E-state index contributed by atoms with van der Waals surface area (Å²) < 4.78 is 79.0. The lowest BCUT2D eigenvalue weighted by Gasteiger charge is -2.48. The first kappa shape index (κ1) is 48.4. The number of carbonyl (C=O) groups excluding carboxylic acids is 7. The van der Waals surface area contributed by atoms with E-state index in [0.29, 0.717) is 25.3 Å². The lowest BCUT2D eigenvalue weighted by Crippen LogP contribution is -2.67. The number of ether oxygens (including phenoxy) is 11. The van der Waals surface area contributed by atoms with Gasteiger partial charge < -0.3 is 65.4 Å². The molecule has 0 spiro atoms. The maximum absolute atomic E-state index is 12.6. The van der Waals surface area contributed by atoms with Crippen LogP contribution in [0.15, 0.2) is 0 Å². The highest BCUT2D eigenvalue weighted by atomic mass is 28.4. The molecule has 56 heavy (non-hydrogen) atoms. The highest BCUT2D eigenvalue weighted by Crippen LogP contribution is 2.35. The lowest BCUT2D eigenvalue weighted by molar-refractivity contribution is -0.361. The quantitative estimate of drug-likeness (QED) is 0.0667. The van der Waals surface area contributed by atoms with Gasteiger partial charge in [0, 0.05) is 82.4 Å². The van der Waals surface area contributed by atoms with E-state index in [4.69, 9.17) is 65.4 Å². The van der Waals surface area contributed by atoms with Gasteiger partial charge in [-0.3, -0.25) is 33.6 Å². The first-order valence-corrected chi connectivity index (χ1v) is 19.7. The molecule has 0 N–H and O–H groups in total. The van der Waals surface area contributed by atoms with Crippen molar-refractivity contribution in [2.24, 2.45) is 0 Å². The normalized spacial score (nSPS) is 27.6. The Morgan fingerprint density at radius 3 is 1.30 bits per heavy atom. The Bertz CT molecular complexity index is 1330. The van der Waals surface area contributed by atoms with Crippen molar-refractivity contribution in [3.63, 3.8) is 0 Å². The van der Waals surface area contributed by atoms with E-state index in [1.807, 2.05) is 0 Å². The predicted octanol–water partition coefficient (Wildman–Crippen LogP) is 0.671. The van der Waals surface area contributed by atoms with E-state index in [0.717, 1.165) is 48.5 Å². The van der Waals surface area contributed by atoms with E-state index in [-0.39, 0.29) is 6.61 Å². The van der Waals surface area contributed by atoms with Crippen LogP contribution in [0.1, 0.15) is 67.7 Å². The number of hydrogen-bond acceptors (Lipinski definition) is 21. The van der Waals surface area contributed by atoms with Crippen molar-refractivity contribution < 1.29 is 98.9 Å². The summed E-state index contributed by atoms with van der Waals surface area (Å²) in [5, 5.41) is 0. The molecule has 10 atom stereocenters. The van der Waals surface area contributed by atoms with E-state index in [1.54, 1.807) is 0 Å². The Kier molecular flexibility index (Phi) is 20.3. The van der Waals surface area contributed by atoms with Crippen LogP contribution in [0.25, 0.3) is 0 Å². The first-order chi connectivity index (χ1) is 26.4. The molecule has 0 bridgehead atoms. The van der Waals surface area contributed by atoms with Gasteiger partial charge in [-0.1, -0.05) is 6.42 Å². The number of carbonyl (C=O) groups is 7. The highest BCUT2D eigenvalue weighted by Gasteiger charge is 2.57. The van der Waals surface area contributed by atoms with Crippen molar-refractivity contribution >= 4 is 50.6 Å². The molecule has 0 saturated carbocycles. The molecule has 2 heterocycles. The van der Waals surface area contributed by atoms with Crippen molar-refractivity contribution in [2.75, 3.05) is 41.2 Å². The van der Waals surface area contributed by atoms with Gasteiger partial charge in [0.05, 0.1) is 0 Å². The van der Waals surface area contributed by atoms with E-state index in [9.17, 15) is 33.6 Å². The molecule has 21 nitrogen and oxygen atoms in total. The molecule has 22 heteroatoms. The molecule has 2 fully saturated rings. The molecule has 2 rings (SSSR count). The van der Waals surface area contributed by atoms with Crippen molar-refractivity contribution in [1.29, 1.82) is 0 Å². The van der Waals surface area contributed by atoms with Gasteiger partial charge in [0.2, 0.25) is 0 Å². The van der Waals surface area contributed by atoms with Crippen LogP contribution in [-0.2, 0) is 98.9 Å². The molecule has 320 valence electrons. The SMILES string of the molecule is CO[Si](CCCCCO[C@@H]1O[C@H](COC(C)=O)[C@@H](O[C@@H]2O[C@H](COC(C)=O)[C@H](OC(C)=O)[C@H](OC(C)=O)[C@H]2OC(C)=O)[C@H](OC(C)=O)[C@H]1OC(C)=O)(OC)OC. The van der Waals surface area contributed by atoms with E-state index in [2.05, 4.69) is 0 Å². The molecule has 2 saturated heterocycles. The fourth-order valence-electron chi connectivity index (χ4n) is 5.98. The third-order valence-electron chi connectivity index (χ3n) is 8.23. The largest absolute Gasteiger partial charge is 0.500 e. The Labute approximate surface area is 325 Å². The van der Waals surface area contributed by atoms with Gasteiger partial charge in [0.25, 0.3) is 0 Å². The van der Waals surface area contributed by atoms with Crippen molar-refractivity contribution in [2.45, 2.75) is 135 Å². The van der Waals surface area contributed by atoms with Crippen molar-refractivity contribution in [3.8, 4) is 0 Å². The van der Waals surface area contributed by atoms with Crippen LogP contribution in [0.5, 0.6) is 0 Å². The monoisotopic (exact) mass is 826 g/mol. The number of rotatable bonds is 21. The Hall–Kier alpha value is -3.77. The Morgan fingerprint density at radius 2 is 0.857 bits per heavy atom. The molecule has 0 aliphatic carbocycles. The standard InChI is InChI=1S/C34H54O21Si/c1-18(35)46-16-25-27(48-20(3)37)29(49-21(4)38)32(52-24(7)41)34(54-25)55-28-26(17-47-19(2)36)53-33(31(51-23(6)40)30(28)50-22(5)39)45-14-12-11-13-15-56(42-8,43-9)44-10/h25-34H,11-17H2,1-10H3/t25-,26-,27+,28-,29+,30+,31-,32-,33-,34+/m1/s1. The second-order valence-corrected chi connectivity index (χ2v) is 15.7. The molecular weight excluding hydrogens is 772 g/mol. The topological polar surface area (TPSA) is 249 Å². The Morgan fingerprint density at radius 1 is 0.464 bits per heavy atom. The fraction of sp³-hybridized carbons (Fsp3) is 0.794. The summed E-state index contributed by atoms with van der Waals surface area (Å²) in [5.74, 6) is -5.83. The third kappa shape index (κ3) is 15.3. The first-order valence-electron chi connectivity index (χ1n) is 17.7. The van der Waals surface area contributed by atoms with Gasteiger partial charge in [-0.25, -0.2) is 0 Å². The molecule has 0 aromatic rings. The van der Waals surface area contributed by atoms with Crippen LogP contribution in [0.2, 0.25) is 6.04 Å². The minimum absolute atomic E-state index is 0.0578. The number of hydrogen-bond donors (Lipinski definition) is 0. The van der Waals surface area contributed by atoms with E-state index < -0.39 is 125 Å². The minimum atomic E-state index is -2.80. The third-order valence-corrected chi connectivity index (χ3v) is 11.1. The fourth-order valence-corrected chi connectivity index (χ4v) is 7.78. The summed E-state index contributed by atoms with van der Waals surface area (Å²) in [6.07, 6.45) is -13.7. The maximum atomic E-state index is 12.6. The van der Waals surface area contributed by atoms with Crippen molar-refractivity contribution in [1.82, 2.24) is 0 Å². The summed E-state index contributed by atoms with van der Waals surface area (Å²) in [4.78, 5) is 85.9. The zero-order valence-electron chi connectivity index (χ0n) is 33.3. The van der Waals surface area contributed by atoms with Gasteiger partial charge in [-0.05, 0) is 12.8 Å². The summed E-state index contributed by atoms with van der Waals surface area (Å²) in [6.45, 7) is 6.50. The molecular formula is C34H54O21Si. The number of esters is 7. The molecule has 2 aliphatic rings.